The fourth-order valence-corrected chi connectivity index (χ4v) is 2.61. The van der Waals surface area contributed by atoms with E-state index in [0.717, 1.165) is 32.7 Å². The molecule has 1 saturated heterocycles. The molecule has 6 nitrogen and oxygen atoms in total. The van der Waals surface area contributed by atoms with Crippen molar-refractivity contribution in [2.24, 2.45) is 0 Å². The van der Waals surface area contributed by atoms with Crippen LogP contribution in [0.25, 0.3) is 11.3 Å². The van der Waals surface area contributed by atoms with E-state index in [1.807, 2.05) is 10.9 Å². The van der Waals surface area contributed by atoms with E-state index in [1.165, 1.54) is 16.9 Å². The lowest BCUT2D eigenvalue weighted by molar-refractivity contribution is -0.192. The van der Waals surface area contributed by atoms with Gasteiger partial charge in [0.15, 0.2) is 0 Å². The molecule has 2 aromatic rings. The second-order valence-electron chi connectivity index (χ2n) is 5.62. The number of halogens is 3. The maximum Gasteiger partial charge on any atom is 0.490 e. The summed E-state index contributed by atoms with van der Waals surface area (Å²) in [6, 6.07) is 10.9. The molecule has 2 heterocycles. The second kappa shape index (κ2) is 8.70. The van der Waals surface area contributed by atoms with Gasteiger partial charge in [0, 0.05) is 50.2 Å². The molecule has 0 saturated carbocycles. The predicted octanol–water partition coefficient (Wildman–Crippen LogP) is 2.61. The lowest BCUT2D eigenvalue weighted by Gasteiger charge is -2.29. The van der Waals surface area contributed by atoms with E-state index in [1.54, 1.807) is 0 Å². The number of anilines is 1. The normalized spacial score (nSPS) is 14.5. The fourth-order valence-electron chi connectivity index (χ4n) is 2.61. The van der Waals surface area contributed by atoms with Gasteiger partial charge in [0.25, 0.3) is 0 Å². The van der Waals surface area contributed by atoms with Crippen molar-refractivity contribution >= 4 is 11.7 Å². The number of rotatable bonds is 3. The first-order valence-corrected chi connectivity index (χ1v) is 8.21. The zero-order valence-corrected chi connectivity index (χ0v) is 14.3. The van der Waals surface area contributed by atoms with Gasteiger partial charge in [-0.25, -0.2) is 4.79 Å². The molecule has 0 aliphatic carbocycles. The van der Waals surface area contributed by atoms with Crippen LogP contribution in [0.15, 0.2) is 36.5 Å². The SMILES string of the molecule is CCn1nccc1-c1cccc(N2CCNCC2)c1.O=C(O)C(F)(F)F. The number of carboxylic acid groups (broad SMARTS) is 1. The molecule has 3 rings (SSSR count). The minimum Gasteiger partial charge on any atom is -0.475 e. The van der Waals surface area contributed by atoms with Gasteiger partial charge in [0.1, 0.15) is 0 Å². The summed E-state index contributed by atoms with van der Waals surface area (Å²) in [6.07, 6.45) is -3.21. The number of aromatic nitrogens is 2. The molecule has 0 spiro atoms. The Labute approximate surface area is 149 Å². The summed E-state index contributed by atoms with van der Waals surface area (Å²) in [7, 11) is 0. The number of piperazine rings is 1. The minimum absolute atomic E-state index is 0.903. The third-order valence-electron chi connectivity index (χ3n) is 3.88. The van der Waals surface area contributed by atoms with Crippen LogP contribution in [-0.2, 0) is 11.3 Å². The Kier molecular flexibility index (Phi) is 6.62. The highest BCUT2D eigenvalue weighted by Crippen LogP contribution is 2.24. The zero-order valence-electron chi connectivity index (χ0n) is 14.3. The molecule has 2 N–H and O–H groups in total. The molecule has 1 aromatic carbocycles. The van der Waals surface area contributed by atoms with E-state index >= 15 is 0 Å². The number of nitrogens with zero attached hydrogens (tertiary/aromatic N) is 3. The molecule has 1 fully saturated rings. The van der Waals surface area contributed by atoms with Gasteiger partial charge in [0.05, 0.1) is 5.69 Å². The van der Waals surface area contributed by atoms with Crippen LogP contribution in [0.5, 0.6) is 0 Å². The average molecular weight is 370 g/mol. The van der Waals surface area contributed by atoms with Crippen LogP contribution in [0.2, 0.25) is 0 Å². The Hall–Kier alpha value is -2.55. The fraction of sp³-hybridized carbons (Fsp3) is 0.412. The summed E-state index contributed by atoms with van der Waals surface area (Å²) < 4.78 is 33.8. The number of aryl methyl sites for hydroxylation is 1. The first kappa shape index (κ1) is 19.8. The largest absolute Gasteiger partial charge is 0.490 e. The lowest BCUT2D eigenvalue weighted by Crippen LogP contribution is -2.43. The van der Waals surface area contributed by atoms with Crippen molar-refractivity contribution in [2.45, 2.75) is 19.6 Å². The van der Waals surface area contributed by atoms with Crippen molar-refractivity contribution in [1.29, 1.82) is 0 Å². The van der Waals surface area contributed by atoms with Crippen LogP contribution in [0.1, 0.15) is 6.92 Å². The van der Waals surface area contributed by atoms with E-state index in [0.29, 0.717) is 0 Å². The van der Waals surface area contributed by atoms with Crippen molar-refractivity contribution in [1.82, 2.24) is 15.1 Å². The van der Waals surface area contributed by atoms with E-state index in [2.05, 4.69) is 52.6 Å². The van der Waals surface area contributed by atoms with Gasteiger partial charge in [-0.15, -0.1) is 0 Å². The molecule has 1 aliphatic rings. The highest BCUT2D eigenvalue weighted by atomic mass is 19.4. The molecule has 0 bridgehead atoms. The predicted molar refractivity (Wildman–Crippen MR) is 92.1 cm³/mol. The molecule has 9 heteroatoms. The van der Waals surface area contributed by atoms with Crippen molar-refractivity contribution < 1.29 is 23.1 Å². The van der Waals surface area contributed by atoms with E-state index in [-0.39, 0.29) is 0 Å². The number of nitrogens with one attached hydrogen (secondary N) is 1. The third kappa shape index (κ3) is 5.22. The number of hydrogen-bond donors (Lipinski definition) is 2. The average Bonchev–Trinajstić information content (AvgIpc) is 3.11. The van der Waals surface area contributed by atoms with Crippen LogP contribution in [-0.4, -0.2) is 53.2 Å². The van der Waals surface area contributed by atoms with Gasteiger partial charge < -0.3 is 15.3 Å². The highest BCUT2D eigenvalue weighted by molar-refractivity contribution is 5.73. The number of hydrogen-bond acceptors (Lipinski definition) is 4. The van der Waals surface area contributed by atoms with Crippen molar-refractivity contribution in [3.05, 3.63) is 36.5 Å². The van der Waals surface area contributed by atoms with Gasteiger partial charge in [-0.3, -0.25) is 4.68 Å². The number of aliphatic carboxylic acids is 1. The van der Waals surface area contributed by atoms with Crippen LogP contribution >= 0.6 is 0 Å². The number of benzene rings is 1. The minimum atomic E-state index is -5.08. The van der Waals surface area contributed by atoms with Crippen LogP contribution < -0.4 is 10.2 Å². The van der Waals surface area contributed by atoms with Crippen LogP contribution in [0.4, 0.5) is 18.9 Å². The van der Waals surface area contributed by atoms with Crippen molar-refractivity contribution in [3.8, 4) is 11.3 Å². The summed E-state index contributed by atoms with van der Waals surface area (Å²) in [5, 5.41) is 14.9. The maximum absolute atomic E-state index is 10.6. The quantitative estimate of drug-likeness (QED) is 0.869. The van der Waals surface area contributed by atoms with Crippen molar-refractivity contribution in [3.63, 3.8) is 0 Å². The number of carbonyl (C=O) groups is 1. The second-order valence-corrected chi connectivity index (χ2v) is 5.62. The summed E-state index contributed by atoms with van der Waals surface area (Å²) in [5.74, 6) is -2.76. The van der Waals surface area contributed by atoms with Gasteiger partial charge >= 0.3 is 12.1 Å². The Morgan fingerprint density at radius 3 is 2.50 bits per heavy atom. The topological polar surface area (TPSA) is 70.4 Å². The van der Waals surface area contributed by atoms with Gasteiger partial charge in [-0.05, 0) is 25.1 Å². The van der Waals surface area contributed by atoms with E-state index in [4.69, 9.17) is 9.90 Å². The lowest BCUT2D eigenvalue weighted by atomic mass is 10.1. The summed E-state index contributed by atoms with van der Waals surface area (Å²) in [5.41, 5.74) is 3.75. The first-order chi connectivity index (χ1) is 12.3. The maximum atomic E-state index is 10.6. The summed E-state index contributed by atoms with van der Waals surface area (Å²) in [4.78, 5) is 11.3. The molecule has 0 amide bonds. The molecule has 0 atom stereocenters. The Bertz CT molecular complexity index is 725. The Morgan fingerprint density at radius 1 is 1.27 bits per heavy atom. The van der Waals surface area contributed by atoms with E-state index < -0.39 is 12.1 Å². The smallest absolute Gasteiger partial charge is 0.475 e. The van der Waals surface area contributed by atoms with Gasteiger partial charge in [-0.1, -0.05) is 12.1 Å². The van der Waals surface area contributed by atoms with Crippen LogP contribution in [0, 0.1) is 0 Å². The molecular weight excluding hydrogens is 349 g/mol. The summed E-state index contributed by atoms with van der Waals surface area (Å²) >= 11 is 0. The third-order valence-corrected chi connectivity index (χ3v) is 3.88. The molecule has 26 heavy (non-hydrogen) atoms. The molecule has 0 unspecified atom stereocenters. The number of carboxylic acids is 1. The molecular formula is C17H21F3N4O2. The number of alkyl halides is 3. The molecule has 0 radical (unpaired) electrons. The van der Waals surface area contributed by atoms with E-state index in [9.17, 15) is 13.2 Å². The monoisotopic (exact) mass is 370 g/mol. The first-order valence-electron chi connectivity index (χ1n) is 8.21. The Balaban J connectivity index is 0.000000298. The van der Waals surface area contributed by atoms with Gasteiger partial charge in [0.2, 0.25) is 0 Å². The highest BCUT2D eigenvalue weighted by Gasteiger charge is 2.38. The molecule has 142 valence electrons. The van der Waals surface area contributed by atoms with Crippen LogP contribution in [0.3, 0.4) is 0 Å². The van der Waals surface area contributed by atoms with Gasteiger partial charge in [-0.2, -0.15) is 18.3 Å². The summed E-state index contributed by atoms with van der Waals surface area (Å²) in [6.45, 7) is 7.32. The van der Waals surface area contributed by atoms with Crippen molar-refractivity contribution in [2.75, 3.05) is 31.1 Å². The zero-order chi connectivity index (χ0) is 19.2. The molecule has 1 aromatic heterocycles. The standard InChI is InChI=1S/C15H20N4.C2HF3O2/c1-2-19-15(6-7-17-19)13-4-3-5-14(12-13)18-10-8-16-9-11-18;3-2(4,5)1(6)7/h3-7,12,16H,2,8-11H2,1H3;(H,6,7). The molecule has 1 aliphatic heterocycles. The Morgan fingerprint density at radius 2 is 1.92 bits per heavy atom.